The Morgan fingerprint density at radius 2 is 1.60 bits per heavy atom. The molecule has 0 radical (unpaired) electrons. The molecular weight excluding hydrogens is 260 g/mol. The first-order chi connectivity index (χ1) is 9.24. The van der Waals surface area contributed by atoms with Crippen molar-refractivity contribution in [2.75, 3.05) is 0 Å². The predicted octanol–water partition coefficient (Wildman–Crippen LogP) is 6.48. The van der Waals surface area contributed by atoms with E-state index in [0.29, 0.717) is 11.1 Å². The molecule has 118 valence electrons. The summed E-state index contributed by atoms with van der Waals surface area (Å²) in [5, 5.41) is 0.298. The number of hydrogen-bond donors (Lipinski definition) is 0. The van der Waals surface area contributed by atoms with Gasteiger partial charge in [-0.05, 0) is 43.8 Å². The Morgan fingerprint density at radius 3 is 2.10 bits per heavy atom. The number of allylic oxidation sites excluding steroid dienone is 3. The topological polar surface area (TPSA) is 9.23 Å². The zero-order chi connectivity index (χ0) is 15.6. The third kappa shape index (κ3) is 8.06. The average molecular weight is 297 g/mol. The fraction of sp³-hybridized carbons (Fsp3) is 0.778. The zero-order valence-electron chi connectivity index (χ0n) is 14.8. The zero-order valence-corrected chi connectivity index (χ0v) is 15.8. The second-order valence-corrected chi connectivity index (χ2v) is 11.9. The quantitative estimate of drug-likeness (QED) is 0.349. The summed E-state index contributed by atoms with van der Waals surface area (Å²) in [6, 6.07) is 0. The highest BCUT2D eigenvalue weighted by Gasteiger charge is 2.38. The van der Waals surface area contributed by atoms with Crippen molar-refractivity contribution in [2.45, 2.75) is 91.0 Å². The smallest absolute Gasteiger partial charge is 0.192 e. The predicted molar refractivity (Wildman–Crippen MR) is 94.8 cm³/mol. The Balaban J connectivity index is 4.40. The normalized spacial score (nSPS) is 15.3. The van der Waals surface area contributed by atoms with Crippen molar-refractivity contribution in [3.63, 3.8) is 0 Å². The summed E-state index contributed by atoms with van der Waals surface area (Å²) in [4.78, 5) is 0. The van der Waals surface area contributed by atoms with Crippen molar-refractivity contribution in [1.29, 1.82) is 0 Å². The lowest BCUT2D eigenvalue weighted by Crippen LogP contribution is -2.43. The first kappa shape index (κ1) is 19.7. The third-order valence-corrected chi connectivity index (χ3v) is 8.65. The van der Waals surface area contributed by atoms with Gasteiger partial charge in [-0.25, -0.2) is 0 Å². The molecule has 0 aromatic carbocycles. The summed E-state index contributed by atoms with van der Waals surface area (Å²) in [5.74, 6) is 0. The van der Waals surface area contributed by atoms with E-state index in [2.05, 4.69) is 72.0 Å². The van der Waals surface area contributed by atoms with Gasteiger partial charge < -0.3 is 4.43 Å². The fourth-order valence-corrected chi connectivity index (χ4v) is 3.23. The van der Waals surface area contributed by atoms with Gasteiger partial charge in [0.15, 0.2) is 8.32 Å². The fourth-order valence-electron chi connectivity index (χ4n) is 1.83. The molecule has 0 spiro atoms. The first-order valence-electron chi connectivity index (χ1n) is 8.22. The van der Waals surface area contributed by atoms with Crippen molar-refractivity contribution in [3.8, 4) is 0 Å². The Bertz CT molecular complexity index is 297. The number of rotatable bonds is 9. The van der Waals surface area contributed by atoms with Crippen LogP contribution in [0.4, 0.5) is 0 Å². The van der Waals surface area contributed by atoms with Gasteiger partial charge in [0.1, 0.15) is 0 Å². The van der Waals surface area contributed by atoms with Gasteiger partial charge in [0.2, 0.25) is 0 Å². The van der Waals surface area contributed by atoms with Crippen LogP contribution in [0.2, 0.25) is 18.1 Å². The molecule has 0 rings (SSSR count). The minimum Gasteiger partial charge on any atom is -0.414 e. The standard InChI is InChI=1S/C18H36OSi/c1-8-10-11-12-13-14-16-17(15-9-2)19-20(6,7)18(3,4)5/h10-11,13-14,17H,8-9,12,15-16H2,1-7H3/b11-10-,14-13-/t17-/m1/s1. The molecule has 0 aromatic heterocycles. The Morgan fingerprint density at radius 1 is 1.00 bits per heavy atom. The summed E-state index contributed by atoms with van der Waals surface area (Å²) in [5.41, 5.74) is 0. The van der Waals surface area contributed by atoms with Crippen LogP contribution in [0.25, 0.3) is 0 Å². The monoisotopic (exact) mass is 296 g/mol. The van der Waals surface area contributed by atoms with Gasteiger partial charge >= 0.3 is 0 Å². The van der Waals surface area contributed by atoms with Gasteiger partial charge in [-0.15, -0.1) is 0 Å². The first-order valence-corrected chi connectivity index (χ1v) is 11.1. The van der Waals surface area contributed by atoms with Gasteiger partial charge in [0.25, 0.3) is 0 Å². The van der Waals surface area contributed by atoms with E-state index in [0.717, 1.165) is 19.3 Å². The molecule has 0 amide bonds. The summed E-state index contributed by atoms with van der Waals surface area (Å²) in [6.07, 6.45) is 15.0. The van der Waals surface area contributed by atoms with E-state index in [1.54, 1.807) is 0 Å². The molecule has 0 saturated heterocycles. The van der Waals surface area contributed by atoms with Gasteiger partial charge in [-0.2, -0.15) is 0 Å². The SMILES string of the molecule is CC/C=C\C/C=C\C[C@@H](CCC)O[Si](C)(C)C(C)(C)C. The van der Waals surface area contributed by atoms with Crippen molar-refractivity contribution in [2.24, 2.45) is 0 Å². The second-order valence-electron chi connectivity index (χ2n) is 7.11. The highest BCUT2D eigenvalue weighted by Crippen LogP contribution is 2.38. The maximum Gasteiger partial charge on any atom is 0.192 e. The summed E-state index contributed by atoms with van der Waals surface area (Å²) in [7, 11) is -1.63. The molecule has 1 nitrogen and oxygen atoms in total. The molecule has 0 N–H and O–H groups in total. The Labute approximate surface area is 128 Å². The Kier molecular flexibility index (Phi) is 9.40. The van der Waals surface area contributed by atoms with Gasteiger partial charge in [-0.1, -0.05) is 65.3 Å². The lowest BCUT2D eigenvalue weighted by Gasteiger charge is -2.39. The molecule has 0 aromatic rings. The van der Waals surface area contributed by atoms with Crippen LogP contribution in [0.3, 0.4) is 0 Å². The van der Waals surface area contributed by atoms with Crippen LogP contribution in [0.5, 0.6) is 0 Å². The number of hydrogen-bond acceptors (Lipinski definition) is 1. The molecule has 2 heteroatoms. The minimum absolute atomic E-state index is 0.298. The molecule has 1 atom stereocenters. The van der Waals surface area contributed by atoms with Gasteiger partial charge in [0.05, 0.1) is 0 Å². The molecule has 0 fully saturated rings. The van der Waals surface area contributed by atoms with Crippen molar-refractivity contribution in [3.05, 3.63) is 24.3 Å². The maximum atomic E-state index is 6.54. The van der Waals surface area contributed by atoms with E-state index in [1.165, 1.54) is 12.8 Å². The van der Waals surface area contributed by atoms with Crippen LogP contribution in [-0.4, -0.2) is 14.4 Å². The molecule has 0 bridgehead atoms. The van der Waals surface area contributed by atoms with Crippen LogP contribution in [0.1, 0.15) is 66.7 Å². The summed E-state index contributed by atoms with van der Waals surface area (Å²) < 4.78 is 6.54. The summed E-state index contributed by atoms with van der Waals surface area (Å²) >= 11 is 0. The molecular formula is C18H36OSi. The summed E-state index contributed by atoms with van der Waals surface area (Å²) in [6.45, 7) is 16.1. The van der Waals surface area contributed by atoms with Crippen molar-refractivity contribution < 1.29 is 4.43 Å². The molecule has 0 aliphatic carbocycles. The Hall–Kier alpha value is -0.343. The van der Waals surface area contributed by atoms with Crippen molar-refractivity contribution >= 4 is 8.32 Å². The molecule has 0 heterocycles. The van der Waals surface area contributed by atoms with Crippen molar-refractivity contribution in [1.82, 2.24) is 0 Å². The average Bonchev–Trinajstić information content (AvgIpc) is 2.32. The van der Waals surface area contributed by atoms with Crippen LogP contribution in [-0.2, 0) is 4.43 Å². The van der Waals surface area contributed by atoms with Gasteiger partial charge in [-0.3, -0.25) is 0 Å². The van der Waals surface area contributed by atoms with E-state index in [1.807, 2.05) is 0 Å². The molecule has 0 unspecified atom stereocenters. The lowest BCUT2D eigenvalue weighted by atomic mass is 10.1. The third-order valence-electron chi connectivity index (χ3n) is 4.12. The van der Waals surface area contributed by atoms with Crippen LogP contribution in [0.15, 0.2) is 24.3 Å². The highest BCUT2D eigenvalue weighted by atomic mass is 28.4. The van der Waals surface area contributed by atoms with E-state index < -0.39 is 8.32 Å². The lowest BCUT2D eigenvalue weighted by molar-refractivity contribution is 0.172. The van der Waals surface area contributed by atoms with E-state index >= 15 is 0 Å². The molecule has 0 aliphatic heterocycles. The largest absolute Gasteiger partial charge is 0.414 e. The maximum absolute atomic E-state index is 6.54. The second kappa shape index (κ2) is 9.57. The van der Waals surface area contributed by atoms with Gasteiger partial charge in [0, 0.05) is 6.10 Å². The van der Waals surface area contributed by atoms with Crippen LogP contribution < -0.4 is 0 Å². The van der Waals surface area contributed by atoms with Crippen LogP contribution >= 0.6 is 0 Å². The minimum atomic E-state index is -1.63. The highest BCUT2D eigenvalue weighted by molar-refractivity contribution is 6.74. The van der Waals surface area contributed by atoms with E-state index in [4.69, 9.17) is 4.43 Å². The van der Waals surface area contributed by atoms with E-state index in [9.17, 15) is 0 Å². The van der Waals surface area contributed by atoms with Crippen LogP contribution in [0, 0.1) is 0 Å². The molecule has 0 aliphatic rings. The molecule has 20 heavy (non-hydrogen) atoms. The molecule has 0 saturated carbocycles. The van der Waals surface area contributed by atoms with E-state index in [-0.39, 0.29) is 0 Å².